The third kappa shape index (κ3) is 5.12. The van der Waals surface area contributed by atoms with Crippen LogP contribution < -0.4 is 0 Å². The molecule has 6 nitrogen and oxygen atoms in total. The van der Waals surface area contributed by atoms with Crippen LogP contribution in [0.1, 0.15) is 54.9 Å². The number of ether oxygens (including phenoxy) is 1. The first-order chi connectivity index (χ1) is 13.8. The van der Waals surface area contributed by atoms with Crippen LogP contribution in [0.2, 0.25) is 0 Å². The fourth-order valence-electron chi connectivity index (χ4n) is 3.10. The van der Waals surface area contributed by atoms with E-state index in [1.165, 1.54) is 11.3 Å². The number of furan rings is 1. The average molecular weight is 413 g/mol. The zero-order chi connectivity index (χ0) is 21.0. The number of carbonyl (C=O) groups is 3. The number of nitrogens with zero attached hydrogens (tertiary/aromatic N) is 1. The second kappa shape index (κ2) is 9.05. The molecule has 3 rings (SSSR count). The van der Waals surface area contributed by atoms with E-state index >= 15 is 0 Å². The van der Waals surface area contributed by atoms with Crippen molar-refractivity contribution in [3.05, 3.63) is 69.1 Å². The van der Waals surface area contributed by atoms with E-state index in [1.54, 1.807) is 18.4 Å². The summed E-state index contributed by atoms with van der Waals surface area (Å²) in [7, 11) is 0. The smallest absolute Gasteiger partial charge is 0.306 e. The van der Waals surface area contributed by atoms with Crippen molar-refractivity contribution < 1.29 is 23.5 Å². The maximum absolute atomic E-state index is 12.5. The van der Waals surface area contributed by atoms with Gasteiger partial charge in [-0.15, -0.1) is 11.3 Å². The summed E-state index contributed by atoms with van der Waals surface area (Å²) in [4.78, 5) is 38.2. The summed E-state index contributed by atoms with van der Waals surface area (Å²) < 4.78 is 12.5. The van der Waals surface area contributed by atoms with Gasteiger partial charge in [0.15, 0.2) is 12.4 Å². The quantitative estimate of drug-likeness (QED) is 0.381. The lowest BCUT2D eigenvalue weighted by molar-refractivity contribution is -0.142. The van der Waals surface area contributed by atoms with Gasteiger partial charge in [0, 0.05) is 28.2 Å². The van der Waals surface area contributed by atoms with Gasteiger partial charge >= 0.3 is 5.97 Å². The minimum atomic E-state index is -0.552. The average Bonchev–Trinajstić information content (AvgIpc) is 3.42. The Morgan fingerprint density at radius 2 is 1.86 bits per heavy atom. The van der Waals surface area contributed by atoms with E-state index in [0.29, 0.717) is 17.0 Å². The van der Waals surface area contributed by atoms with Gasteiger partial charge in [0.2, 0.25) is 5.78 Å². The Bertz CT molecular complexity index is 1030. The lowest BCUT2D eigenvalue weighted by Crippen LogP contribution is -2.15. The molecule has 3 heterocycles. The SMILES string of the molecule is Cc1ccc(C(=O)CCC(=O)OCC(=O)c2cc(C)n(Cc3ccco3)c2C)s1. The molecule has 0 spiro atoms. The fourth-order valence-corrected chi connectivity index (χ4v) is 3.94. The van der Waals surface area contributed by atoms with Gasteiger partial charge in [-0.3, -0.25) is 14.4 Å². The highest BCUT2D eigenvalue weighted by Crippen LogP contribution is 2.19. The van der Waals surface area contributed by atoms with Crippen molar-refractivity contribution in [3.8, 4) is 0 Å². The molecule has 0 saturated heterocycles. The minimum Gasteiger partial charge on any atom is -0.467 e. The van der Waals surface area contributed by atoms with Gasteiger partial charge in [-0.2, -0.15) is 0 Å². The van der Waals surface area contributed by atoms with Gasteiger partial charge in [-0.1, -0.05) is 0 Å². The van der Waals surface area contributed by atoms with Crippen molar-refractivity contribution in [2.75, 3.05) is 6.61 Å². The Morgan fingerprint density at radius 1 is 1.07 bits per heavy atom. The Balaban J connectivity index is 1.52. The number of hydrogen-bond acceptors (Lipinski definition) is 6. The molecule has 0 unspecified atom stereocenters. The van der Waals surface area contributed by atoms with E-state index in [1.807, 2.05) is 43.5 Å². The molecule has 29 heavy (non-hydrogen) atoms. The van der Waals surface area contributed by atoms with E-state index in [2.05, 4.69) is 0 Å². The molecule has 0 aliphatic carbocycles. The highest BCUT2D eigenvalue weighted by atomic mass is 32.1. The van der Waals surface area contributed by atoms with E-state index in [4.69, 9.17) is 9.15 Å². The molecule has 0 atom stereocenters. The molecule has 3 aromatic rings. The summed E-state index contributed by atoms with van der Waals surface area (Å²) in [5.41, 5.74) is 2.24. The standard InChI is InChI=1S/C22H23NO5S/c1-14-11-18(16(3)23(14)12-17-5-4-10-27-17)20(25)13-28-22(26)9-7-19(24)21-8-6-15(2)29-21/h4-6,8,10-11H,7,9,12-13H2,1-3H3. The maximum atomic E-state index is 12.5. The van der Waals surface area contributed by atoms with Crippen LogP contribution in [-0.2, 0) is 16.1 Å². The van der Waals surface area contributed by atoms with Gasteiger partial charge in [0.25, 0.3) is 0 Å². The summed E-state index contributed by atoms with van der Waals surface area (Å²) in [6.07, 6.45) is 1.64. The predicted molar refractivity (Wildman–Crippen MR) is 110 cm³/mol. The third-order valence-electron chi connectivity index (χ3n) is 4.70. The monoisotopic (exact) mass is 413 g/mol. The van der Waals surface area contributed by atoms with Crippen molar-refractivity contribution in [2.45, 2.75) is 40.2 Å². The molecule has 0 amide bonds. The third-order valence-corrected chi connectivity index (χ3v) is 5.75. The van der Waals surface area contributed by atoms with Crippen molar-refractivity contribution >= 4 is 28.9 Å². The lowest BCUT2D eigenvalue weighted by Gasteiger charge is -2.08. The van der Waals surface area contributed by atoms with Gasteiger partial charge < -0.3 is 13.7 Å². The van der Waals surface area contributed by atoms with Crippen LogP contribution >= 0.6 is 11.3 Å². The minimum absolute atomic E-state index is 0.0411. The largest absolute Gasteiger partial charge is 0.467 e. The van der Waals surface area contributed by atoms with Gasteiger partial charge in [0.05, 0.1) is 24.1 Å². The second-order valence-electron chi connectivity index (χ2n) is 6.87. The van der Waals surface area contributed by atoms with Crippen LogP contribution in [0, 0.1) is 20.8 Å². The first kappa shape index (κ1) is 20.8. The molecule has 0 aliphatic rings. The summed E-state index contributed by atoms with van der Waals surface area (Å²) in [5.74, 6) is -0.114. The highest BCUT2D eigenvalue weighted by Gasteiger charge is 2.18. The summed E-state index contributed by atoms with van der Waals surface area (Å²) >= 11 is 1.40. The first-order valence-electron chi connectivity index (χ1n) is 9.32. The molecule has 0 bridgehead atoms. The van der Waals surface area contributed by atoms with Crippen molar-refractivity contribution in [1.29, 1.82) is 0 Å². The van der Waals surface area contributed by atoms with Crippen molar-refractivity contribution in [3.63, 3.8) is 0 Å². The van der Waals surface area contributed by atoms with Gasteiger partial charge in [-0.05, 0) is 51.1 Å². The fraction of sp³-hybridized carbons (Fsp3) is 0.318. The first-order valence-corrected chi connectivity index (χ1v) is 10.1. The Hall–Kier alpha value is -2.93. The van der Waals surface area contributed by atoms with Crippen molar-refractivity contribution in [2.24, 2.45) is 0 Å². The van der Waals surface area contributed by atoms with Crippen LogP contribution in [0.25, 0.3) is 0 Å². The number of thiophene rings is 1. The van der Waals surface area contributed by atoms with Crippen LogP contribution in [0.4, 0.5) is 0 Å². The molecule has 0 aromatic carbocycles. The van der Waals surface area contributed by atoms with Crippen LogP contribution in [0.3, 0.4) is 0 Å². The Kier molecular flexibility index (Phi) is 6.49. The normalized spacial score (nSPS) is 10.9. The van der Waals surface area contributed by atoms with Crippen LogP contribution in [-0.4, -0.2) is 28.7 Å². The molecular formula is C22H23NO5S. The number of hydrogen-bond donors (Lipinski definition) is 0. The summed E-state index contributed by atoms with van der Waals surface area (Å²) in [6, 6.07) is 9.12. The Morgan fingerprint density at radius 3 is 2.52 bits per heavy atom. The predicted octanol–water partition coefficient (Wildman–Crippen LogP) is 4.51. The topological polar surface area (TPSA) is 78.5 Å². The number of carbonyl (C=O) groups excluding carboxylic acids is 3. The highest BCUT2D eigenvalue weighted by molar-refractivity contribution is 7.14. The number of Topliss-reactive ketones (excluding diaryl/α,β-unsaturated/α-hetero) is 2. The second-order valence-corrected chi connectivity index (χ2v) is 8.16. The number of esters is 1. The number of aromatic nitrogens is 1. The summed E-state index contributed by atoms with van der Waals surface area (Å²) in [6.45, 7) is 5.88. The van der Waals surface area contributed by atoms with E-state index in [0.717, 1.165) is 22.0 Å². The number of rotatable bonds is 9. The van der Waals surface area contributed by atoms with Gasteiger partial charge in [0.1, 0.15) is 5.76 Å². The van der Waals surface area contributed by atoms with Crippen molar-refractivity contribution in [1.82, 2.24) is 4.57 Å². The molecule has 0 radical (unpaired) electrons. The molecule has 7 heteroatoms. The molecule has 0 N–H and O–H groups in total. The maximum Gasteiger partial charge on any atom is 0.306 e. The molecule has 0 fully saturated rings. The molecule has 3 aromatic heterocycles. The Labute approximate surface area is 173 Å². The summed E-state index contributed by atoms with van der Waals surface area (Å²) in [5, 5.41) is 0. The molecule has 0 aliphatic heterocycles. The van der Waals surface area contributed by atoms with E-state index < -0.39 is 5.97 Å². The molecule has 152 valence electrons. The van der Waals surface area contributed by atoms with E-state index in [-0.39, 0.29) is 31.0 Å². The molecule has 0 saturated carbocycles. The van der Waals surface area contributed by atoms with Crippen LogP contribution in [0.15, 0.2) is 41.0 Å². The van der Waals surface area contributed by atoms with E-state index in [9.17, 15) is 14.4 Å². The number of ketones is 2. The van der Waals surface area contributed by atoms with Crippen LogP contribution in [0.5, 0.6) is 0 Å². The lowest BCUT2D eigenvalue weighted by atomic mass is 10.1. The zero-order valence-electron chi connectivity index (χ0n) is 16.7. The molecular weight excluding hydrogens is 390 g/mol. The van der Waals surface area contributed by atoms with Gasteiger partial charge in [-0.25, -0.2) is 0 Å². The number of aryl methyl sites for hydroxylation is 2. The zero-order valence-corrected chi connectivity index (χ0v) is 17.5.